The third-order valence-electron chi connectivity index (χ3n) is 6.65. The van der Waals surface area contributed by atoms with Gasteiger partial charge in [0.1, 0.15) is 6.61 Å². The van der Waals surface area contributed by atoms with Crippen molar-refractivity contribution < 1.29 is 9.90 Å². The first-order chi connectivity index (χ1) is 12.2. The Bertz CT molecular complexity index is 662. The lowest BCUT2D eigenvalue weighted by Gasteiger charge is -2.42. The molecule has 0 aromatic heterocycles. The zero-order valence-corrected chi connectivity index (χ0v) is 15.0. The van der Waals surface area contributed by atoms with Crippen molar-refractivity contribution in [1.82, 2.24) is 4.90 Å². The lowest BCUT2D eigenvalue weighted by Crippen LogP contribution is -2.45. The predicted molar refractivity (Wildman–Crippen MR) is 100 cm³/mol. The van der Waals surface area contributed by atoms with Gasteiger partial charge in [-0.3, -0.25) is 4.79 Å². The van der Waals surface area contributed by atoms with Gasteiger partial charge in [-0.2, -0.15) is 0 Å². The minimum Gasteiger partial charge on any atom is -0.388 e. The largest absolute Gasteiger partial charge is 0.388 e. The standard InChI is InChI=1S/C22H29NO2/c24-16-21(25)19-15-22(20-10-6-5-9-18(19)20)11-13-23(14-12-22)17-7-3-1-2-4-8-17/h5-6,9-10,15,17,24H,1-4,7-8,11-14,16H2. The average molecular weight is 339 g/mol. The lowest BCUT2D eigenvalue weighted by molar-refractivity contribution is -0.116. The SMILES string of the molecule is O=C(CO)C1=CC2(CCN(C3CCCCCC3)CC2)c2ccccc21. The van der Waals surface area contributed by atoms with Gasteiger partial charge in [0.25, 0.3) is 0 Å². The van der Waals surface area contributed by atoms with Crippen molar-refractivity contribution >= 4 is 11.4 Å². The maximum Gasteiger partial charge on any atom is 0.188 e. The molecule has 3 aliphatic rings. The number of allylic oxidation sites excluding steroid dienone is 1. The van der Waals surface area contributed by atoms with Crippen molar-refractivity contribution in [2.45, 2.75) is 62.8 Å². The molecule has 134 valence electrons. The molecule has 0 atom stereocenters. The summed E-state index contributed by atoms with van der Waals surface area (Å²) in [6, 6.07) is 9.07. The molecule has 3 heteroatoms. The van der Waals surface area contributed by atoms with E-state index < -0.39 is 6.61 Å². The predicted octanol–water partition coefficient (Wildman–Crippen LogP) is 3.70. The molecule has 0 unspecified atom stereocenters. The molecule has 1 aromatic rings. The molecule has 3 nitrogen and oxygen atoms in total. The molecule has 1 saturated carbocycles. The Hall–Kier alpha value is -1.45. The minimum absolute atomic E-state index is 0.00200. The lowest BCUT2D eigenvalue weighted by atomic mass is 9.74. The molecule has 0 amide bonds. The Morgan fingerprint density at radius 2 is 1.76 bits per heavy atom. The molecule has 2 aliphatic carbocycles. The van der Waals surface area contributed by atoms with Crippen molar-refractivity contribution in [3.63, 3.8) is 0 Å². The molecular formula is C22H29NO2. The quantitative estimate of drug-likeness (QED) is 0.854. The van der Waals surface area contributed by atoms with Gasteiger partial charge in [0.05, 0.1) is 0 Å². The number of hydrogen-bond donors (Lipinski definition) is 1. The summed E-state index contributed by atoms with van der Waals surface area (Å²) in [7, 11) is 0. The minimum atomic E-state index is -0.398. The Morgan fingerprint density at radius 3 is 2.44 bits per heavy atom. The summed E-state index contributed by atoms with van der Waals surface area (Å²) in [6.45, 7) is 1.84. The van der Waals surface area contributed by atoms with Crippen LogP contribution >= 0.6 is 0 Å². The number of carbonyl (C=O) groups excluding carboxylic acids is 1. The van der Waals surface area contributed by atoms with E-state index in [9.17, 15) is 9.90 Å². The fraction of sp³-hybridized carbons (Fsp3) is 0.591. The van der Waals surface area contributed by atoms with Gasteiger partial charge in [-0.15, -0.1) is 0 Å². The number of benzene rings is 1. The van der Waals surface area contributed by atoms with E-state index in [1.807, 2.05) is 12.1 Å². The van der Waals surface area contributed by atoms with Crippen LogP contribution in [0.5, 0.6) is 0 Å². The van der Waals surface area contributed by atoms with E-state index in [0.717, 1.165) is 43.1 Å². The molecule has 2 fully saturated rings. The van der Waals surface area contributed by atoms with Crippen LogP contribution in [0.1, 0.15) is 62.5 Å². The molecule has 1 spiro atoms. The van der Waals surface area contributed by atoms with Gasteiger partial charge in [0.2, 0.25) is 0 Å². The highest BCUT2D eigenvalue weighted by atomic mass is 16.3. The normalized spacial score (nSPS) is 24.0. The van der Waals surface area contributed by atoms with E-state index in [1.54, 1.807) is 0 Å². The van der Waals surface area contributed by atoms with Crippen LogP contribution in [-0.2, 0) is 10.2 Å². The number of aliphatic hydroxyl groups excluding tert-OH is 1. The third kappa shape index (κ3) is 3.09. The highest BCUT2D eigenvalue weighted by Crippen LogP contribution is 2.47. The second kappa shape index (κ2) is 7.05. The van der Waals surface area contributed by atoms with Crippen LogP contribution in [0.4, 0.5) is 0 Å². The van der Waals surface area contributed by atoms with Crippen LogP contribution in [0.15, 0.2) is 30.3 Å². The van der Waals surface area contributed by atoms with Crippen molar-refractivity contribution in [2.75, 3.05) is 19.7 Å². The van der Waals surface area contributed by atoms with Gasteiger partial charge in [0.15, 0.2) is 5.78 Å². The Morgan fingerprint density at radius 1 is 1.08 bits per heavy atom. The number of Topliss-reactive ketones (excluding diaryl/α,β-unsaturated/α-hetero) is 1. The highest BCUT2D eigenvalue weighted by Gasteiger charge is 2.42. The number of aliphatic hydroxyl groups is 1. The van der Waals surface area contributed by atoms with E-state index in [1.165, 1.54) is 44.1 Å². The second-order valence-electron chi connectivity index (χ2n) is 8.02. The number of likely N-dealkylation sites (tertiary alicyclic amines) is 1. The highest BCUT2D eigenvalue weighted by molar-refractivity contribution is 6.23. The number of piperidine rings is 1. The van der Waals surface area contributed by atoms with E-state index in [0.29, 0.717) is 0 Å². The van der Waals surface area contributed by atoms with Crippen LogP contribution < -0.4 is 0 Å². The molecule has 1 aromatic carbocycles. The first kappa shape index (κ1) is 17.0. The summed E-state index contributed by atoms with van der Waals surface area (Å²) >= 11 is 0. The molecule has 25 heavy (non-hydrogen) atoms. The molecular weight excluding hydrogens is 310 g/mol. The van der Waals surface area contributed by atoms with Crippen molar-refractivity contribution in [1.29, 1.82) is 0 Å². The number of carbonyl (C=O) groups is 1. The fourth-order valence-corrected chi connectivity index (χ4v) is 5.22. The van der Waals surface area contributed by atoms with Crippen LogP contribution in [0.25, 0.3) is 5.57 Å². The molecule has 0 bridgehead atoms. The summed E-state index contributed by atoms with van der Waals surface area (Å²) < 4.78 is 0. The van der Waals surface area contributed by atoms with Gasteiger partial charge in [-0.25, -0.2) is 0 Å². The summed E-state index contributed by atoms with van der Waals surface area (Å²) in [5, 5.41) is 9.35. The van der Waals surface area contributed by atoms with E-state index in [2.05, 4.69) is 23.1 Å². The monoisotopic (exact) mass is 339 g/mol. The third-order valence-corrected chi connectivity index (χ3v) is 6.65. The Labute approximate surface area is 150 Å². The van der Waals surface area contributed by atoms with Gasteiger partial charge < -0.3 is 10.0 Å². The average Bonchev–Trinajstić information content (AvgIpc) is 2.82. The van der Waals surface area contributed by atoms with Crippen LogP contribution in [0.2, 0.25) is 0 Å². The number of rotatable bonds is 3. The van der Waals surface area contributed by atoms with Gasteiger partial charge in [-0.1, -0.05) is 56.0 Å². The molecule has 1 aliphatic heterocycles. The first-order valence-electron chi connectivity index (χ1n) is 9.94. The van der Waals surface area contributed by atoms with Crippen LogP contribution in [0, 0.1) is 0 Å². The number of nitrogens with zero attached hydrogens (tertiary/aromatic N) is 1. The molecule has 1 N–H and O–H groups in total. The van der Waals surface area contributed by atoms with Crippen LogP contribution in [-0.4, -0.2) is 41.5 Å². The van der Waals surface area contributed by atoms with Gasteiger partial charge in [-0.05, 0) is 49.9 Å². The first-order valence-corrected chi connectivity index (χ1v) is 9.94. The zero-order chi connectivity index (χ0) is 17.3. The van der Waals surface area contributed by atoms with Crippen molar-refractivity contribution in [2.24, 2.45) is 0 Å². The van der Waals surface area contributed by atoms with E-state index in [4.69, 9.17) is 0 Å². The summed E-state index contributed by atoms with van der Waals surface area (Å²) in [6.07, 6.45) is 12.6. The summed E-state index contributed by atoms with van der Waals surface area (Å²) in [5.41, 5.74) is 3.08. The number of fused-ring (bicyclic) bond motifs is 2. The second-order valence-corrected chi connectivity index (χ2v) is 8.02. The smallest absolute Gasteiger partial charge is 0.188 e. The maximum atomic E-state index is 12.2. The van der Waals surface area contributed by atoms with Gasteiger partial charge >= 0.3 is 0 Å². The zero-order valence-electron chi connectivity index (χ0n) is 15.0. The van der Waals surface area contributed by atoms with E-state index >= 15 is 0 Å². The maximum absolute atomic E-state index is 12.2. The molecule has 4 rings (SSSR count). The summed E-state index contributed by atoms with van der Waals surface area (Å²) in [4.78, 5) is 14.9. The van der Waals surface area contributed by atoms with Crippen LogP contribution in [0.3, 0.4) is 0 Å². The molecule has 1 heterocycles. The molecule has 1 saturated heterocycles. The Kier molecular flexibility index (Phi) is 4.79. The number of ketones is 1. The van der Waals surface area contributed by atoms with E-state index in [-0.39, 0.29) is 11.2 Å². The fourth-order valence-electron chi connectivity index (χ4n) is 5.22. The summed E-state index contributed by atoms with van der Waals surface area (Å²) in [5.74, 6) is -0.143. The van der Waals surface area contributed by atoms with Crippen molar-refractivity contribution in [3.05, 3.63) is 41.5 Å². The van der Waals surface area contributed by atoms with Gasteiger partial charge in [0, 0.05) is 17.0 Å². The Balaban J connectivity index is 1.55. The molecule has 0 radical (unpaired) electrons. The van der Waals surface area contributed by atoms with Crippen molar-refractivity contribution in [3.8, 4) is 0 Å². The topological polar surface area (TPSA) is 40.5 Å². The number of hydrogen-bond acceptors (Lipinski definition) is 3.